The van der Waals surface area contributed by atoms with E-state index in [2.05, 4.69) is 0 Å². The van der Waals surface area contributed by atoms with Crippen LogP contribution in [0.1, 0.15) is 20.8 Å². The first-order valence-electron chi connectivity index (χ1n) is 5.82. The van der Waals surface area contributed by atoms with E-state index in [9.17, 15) is 9.59 Å². The summed E-state index contributed by atoms with van der Waals surface area (Å²) < 4.78 is 5.22. The lowest BCUT2D eigenvalue weighted by Gasteiger charge is -2.26. The summed E-state index contributed by atoms with van der Waals surface area (Å²) in [4.78, 5) is 25.8. The lowest BCUT2D eigenvalue weighted by atomic mass is 10.1. The van der Waals surface area contributed by atoms with Gasteiger partial charge in [-0.1, -0.05) is 0 Å². The van der Waals surface area contributed by atoms with Crippen LogP contribution in [0.3, 0.4) is 0 Å². The third kappa shape index (κ3) is 2.70. The Balaban J connectivity index is 2.21. The molecular weight excluding hydrogens is 252 g/mol. The maximum Gasteiger partial charge on any atom is 0.264 e. The smallest absolute Gasteiger partial charge is 0.264 e. The molecular formula is C12H16N2O3S. The molecule has 2 N–H and O–H groups in total. The molecule has 18 heavy (non-hydrogen) atoms. The van der Waals surface area contributed by atoms with E-state index in [4.69, 9.17) is 10.5 Å². The lowest BCUT2D eigenvalue weighted by molar-refractivity contribution is -0.117. The van der Waals surface area contributed by atoms with Crippen molar-refractivity contribution in [3.05, 3.63) is 21.4 Å². The van der Waals surface area contributed by atoms with Gasteiger partial charge in [0.15, 0.2) is 0 Å². The van der Waals surface area contributed by atoms with Crippen LogP contribution < -0.4 is 5.73 Å². The predicted octanol–water partition coefficient (Wildman–Crippen LogP) is 0.557. The van der Waals surface area contributed by atoms with Crippen LogP contribution >= 0.6 is 11.3 Å². The molecule has 0 bridgehead atoms. The van der Waals surface area contributed by atoms with E-state index in [-0.39, 0.29) is 12.3 Å². The Morgan fingerprint density at radius 3 is 2.72 bits per heavy atom. The molecule has 2 rings (SSSR count). The Morgan fingerprint density at radius 1 is 1.44 bits per heavy atom. The van der Waals surface area contributed by atoms with Crippen molar-refractivity contribution < 1.29 is 14.3 Å². The van der Waals surface area contributed by atoms with Crippen LogP contribution in [0.15, 0.2) is 5.38 Å². The molecule has 0 atom stereocenters. The molecule has 0 aromatic carbocycles. The van der Waals surface area contributed by atoms with Crippen LogP contribution in [0.4, 0.5) is 0 Å². The quantitative estimate of drug-likeness (QED) is 0.870. The minimum absolute atomic E-state index is 0.0207. The van der Waals surface area contributed by atoms with Gasteiger partial charge in [0, 0.05) is 13.1 Å². The number of rotatable bonds is 3. The van der Waals surface area contributed by atoms with Crippen molar-refractivity contribution in [3.63, 3.8) is 0 Å². The number of nitrogens with zero attached hydrogens (tertiary/aromatic N) is 1. The highest BCUT2D eigenvalue weighted by Gasteiger charge is 2.23. The number of hydrogen-bond donors (Lipinski definition) is 1. The molecule has 5 nitrogen and oxygen atoms in total. The zero-order valence-electron chi connectivity index (χ0n) is 10.3. The Labute approximate surface area is 110 Å². The lowest BCUT2D eigenvalue weighted by Crippen LogP contribution is -2.40. The SMILES string of the molecule is Cc1csc(C(=O)N2CCOCC2)c1CC(N)=O. The summed E-state index contributed by atoms with van der Waals surface area (Å²) in [5.74, 6) is -0.430. The van der Waals surface area contributed by atoms with Crippen molar-refractivity contribution in [2.24, 2.45) is 5.73 Å². The third-order valence-corrected chi connectivity index (χ3v) is 4.08. The van der Waals surface area contributed by atoms with Crippen molar-refractivity contribution >= 4 is 23.2 Å². The van der Waals surface area contributed by atoms with Crippen molar-refractivity contribution in [2.75, 3.05) is 26.3 Å². The first-order valence-corrected chi connectivity index (χ1v) is 6.70. The van der Waals surface area contributed by atoms with E-state index in [1.54, 1.807) is 4.90 Å². The van der Waals surface area contributed by atoms with E-state index >= 15 is 0 Å². The van der Waals surface area contributed by atoms with Crippen LogP contribution in [0, 0.1) is 6.92 Å². The molecule has 1 fully saturated rings. The first-order chi connectivity index (χ1) is 8.59. The largest absolute Gasteiger partial charge is 0.378 e. The highest BCUT2D eigenvalue weighted by atomic mass is 32.1. The number of carbonyl (C=O) groups excluding carboxylic acids is 2. The van der Waals surface area contributed by atoms with Gasteiger partial charge in [0.25, 0.3) is 5.91 Å². The fourth-order valence-corrected chi connectivity index (χ4v) is 2.99. The second-order valence-electron chi connectivity index (χ2n) is 4.27. The molecule has 1 aromatic rings. The van der Waals surface area contributed by atoms with E-state index in [0.29, 0.717) is 31.2 Å². The predicted molar refractivity (Wildman–Crippen MR) is 68.7 cm³/mol. The van der Waals surface area contributed by atoms with Gasteiger partial charge in [-0.2, -0.15) is 0 Å². The molecule has 0 aliphatic carbocycles. The number of aryl methyl sites for hydroxylation is 1. The number of ether oxygens (including phenoxy) is 1. The molecule has 1 saturated heterocycles. The first kappa shape index (κ1) is 13.0. The van der Waals surface area contributed by atoms with Gasteiger partial charge >= 0.3 is 0 Å². The van der Waals surface area contributed by atoms with Crippen LogP contribution in [0.25, 0.3) is 0 Å². The molecule has 1 aliphatic rings. The average molecular weight is 268 g/mol. The summed E-state index contributed by atoms with van der Waals surface area (Å²) in [5.41, 5.74) is 6.94. The molecule has 0 saturated carbocycles. The summed E-state index contributed by atoms with van der Waals surface area (Å²) in [6.45, 7) is 4.24. The van der Waals surface area contributed by atoms with Gasteiger partial charge in [0.05, 0.1) is 24.5 Å². The summed E-state index contributed by atoms with van der Waals surface area (Å²) in [5, 5.41) is 1.89. The van der Waals surface area contributed by atoms with E-state index < -0.39 is 5.91 Å². The summed E-state index contributed by atoms with van der Waals surface area (Å²) in [6, 6.07) is 0. The zero-order chi connectivity index (χ0) is 13.1. The van der Waals surface area contributed by atoms with Gasteiger partial charge in [-0.3, -0.25) is 9.59 Å². The maximum absolute atomic E-state index is 12.3. The highest BCUT2D eigenvalue weighted by molar-refractivity contribution is 7.12. The molecule has 2 heterocycles. The molecule has 1 aromatic heterocycles. The zero-order valence-corrected chi connectivity index (χ0v) is 11.1. The monoisotopic (exact) mass is 268 g/mol. The minimum Gasteiger partial charge on any atom is -0.378 e. The number of nitrogens with two attached hydrogens (primary N) is 1. The normalized spacial score (nSPS) is 15.7. The van der Waals surface area contributed by atoms with Gasteiger partial charge in [0.1, 0.15) is 0 Å². The number of morpholine rings is 1. The van der Waals surface area contributed by atoms with Gasteiger partial charge in [0.2, 0.25) is 5.91 Å². The fourth-order valence-electron chi connectivity index (χ4n) is 1.95. The average Bonchev–Trinajstić information content (AvgIpc) is 2.71. The van der Waals surface area contributed by atoms with Gasteiger partial charge in [-0.05, 0) is 23.4 Å². The van der Waals surface area contributed by atoms with Crippen LogP contribution in [-0.4, -0.2) is 43.0 Å². The van der Waals surface area contributed by atoms with Crippen molar-refractivity contribution in [2.45, 2.75) is 13.3 Å². The fraction of sp³-hybridized carbons (Fsp3) is 0.500. The second-order valence-corrected chi connectivity index (χ2v) is 5.15. The van der Waals surface area contributed by atoms with Crippen LogP contribution in [0.2, 0.25) is 0 Å². The van der Waals surface area contributed by atoms with E-state index in [0.717, 1.165) is 11.1 Å². The minimum atomic E-state index is -0.410. The Bertz CT molecular complexity index is 464. The van der Waals surface area contributed by atoms with E-state index in [1.807, 2.05) is 12.3 Å². The molecule has 0 radical (unpaired) electrons. The number of hydrogen-bond acceptors (Lipinski definition) is 4. The molecule has 98 valence electrons. The Hall–Kier alpha value is -1.40. The summed E-state index contributed by atoms with van der Waals surface area (Å²) in [7, 11) is 0. The number of carbonyl (C=O) groups is 2. The third-order valence-electron chi connectivity index (χ3n) is 2.95. The molecule has 1 aliphatic heterocycles. The standard InChI is InChI=1S/C12H16N2O3S/c1-8-7-18-11(9(8)6-10(13)15)12(16)14-2-4-17-5-3-14/h7H,2-6H2,1H3,(H2,13,15). The Morgan fingerprint density at radius 2 is 2.11 bits per heavy atom. The number of primary amides is 1. The van der Waals surface area contributed by atoms with Crippen LogP contribution in [-0.2, 0) is 16.0 Å². The molecule has 0 spiro atoms. The number of amides is 2. The molecule has 6 heteroatoms. The Kier molecular flexibility index (Phi) is 3.98. The number of thiophene rings is 1. The topological polar surface area (TPSA) is 72.6 Å². The van der Waals surface area contributed by atoms with Gasteiger partial charge in [-0.15, -0.1) is 11.3 Å². The van der Waals surface area contributed by atoms with Crippen molar-refractivity contribution in [1.82, 2.24) is 4.90 Å². The summed E-state index contributed by atoms with van der Waals surface area (Å²) >= 11 is 1.38. The van der Waals surface area contributed by atoms with E-state index in [1.165, 1.54) is 11.3 Å². The maximum atomic E-state index is 12.3. The molecule has 0 unspecified atom stereocenters. The second kappa shape index (κ2) is 5.49. The highest BCUT2D eigenvalue weighted by Crippen LogP contribution is 2.24. The van der Waals surface area contributed by atoms with Gasteiger partial charge < -0.3 is 15.4 Å². The molecule has 2 amide bonds. The van der Waals surface area contributed by atoms with Crippen LogP contribution in [0.5, 0.6) is 0 Å². The van der Waals surface area contributed by atoms with Crippen molar-refractivity contribution in [3.8, 4) is 0 Å². The van der Waals surface area contributed by atoms with Crippen molar-refractivity contribution in [1.29, 1.82) is 0 Å². The van der Waals surface area contributed by atoms with Gasteiger partial charge in [-0.25, -0.2) is 0 Å². The summed E-state index contributed by atoms with van der Waals surface area (Å²) in [6.07, 6.45) is 0.126.